The molecule has 0 N–H and O–H groups in total. The molecule has 1 fully saturated rings. The van der Waals surface area contributed by atoms with Gasteiger partial charge in [-0.05, 0) is 0 Å². The van der Waals surface area contributed by atoms with Crippen LogP contribution in [0, 0.1) is 11.3 Å². The van der Waals surface area contributed by atoms with E-state index in [2.05, 4.69) is 13.8 Å². The van der Waals surface area contributed by atoms with E-state index in [1.165, 1.54) is 36.0 Å². The molecule has 1 heteroatoms. The molecule has 61 valence electrons. The number of hydrogen-bond acceptors (Lipinski definition) is 0. The van der Waals surface area contributed by atoms with Crippen molar-refractivity contribution in [2.45, 2.75) is 49.9 Å². The Kier molecular flexibility index (Phi) is 3.87. The van der Waals surface area contributed by atoms with Crippen molar-refractivity contribution in [3.8, 4) is 0 Å². The van der Waals surface area contributed by atoms with Gasteiger partial charge in [-0.3, -0.25) is 0 Å². The molecule has 0 saturated heterocycles. The van der Waals surface area contributed by atoms with E-state index in [4.69, 9.17) is 0 Å². The van der Waals surface area contributed by atoms with E-state index in [0.29, 0.717) is 5.41 Å². The molecule has 0 heterocycles. The molecule has 0 nitrogen and oxygen atoms in total. The molecule has 11 heavy (non-hydrogen) atoms. The molecular formula is C10H19Hg. The molecule has 0 spiro atoms. The Bertz CT molecular complexity index is 112. The fourth-order valence-electron chi connectivity index (χ4n) is 2.09. The van der Waals surface area contributed by atoms with Crippen LogP contribution in [0.4, 0.5) is 0 Å². The van der Waals surface area contributed by atoms with Gasteiger partial charge in [0.1, 0.15) is 0 Å². The Morgan fingerprint density at radius 3 is 2.18 bits per heavy atom. The summed E-state index contributed by atoms with van der Waals surface area (Å²) < 4.78 is 1.54. The quantitative estimate of drug-likeness (QED) is 0.675. The molecular weight excluding hydrogens is 321 g/mol. The summed E-state index contributed by atoms with van der Waals surface area (Å²) in [6, 6.07) is 0. The second-order valence-electron chi connectivity index (χ2n) is 4.57. The molecule has 1 saturated carbocycles. The van der Waals surface area contributed by atoms with Crippen molar-refractivity contribution in [1.29, 1.82) is 0 Å². The standard InChI is InChI=1S/C10H19.Hg/c1-10(2,3)9-7-5-4-6-8-9;/h9H,1,4-8H2,2-3H3;. The van der Waals surface area contributed by atoms with Crippen molar-refractivity contribution >= 4 is 0 Å². The number of rotatable bonds is 2. The molecule has 0 aromatic rings. The van der Waals surface area contributed by atoms with Crippen molar-refractivity contribution < 1.29 is 26.1 Å². The Morgan fingerprint density at radius 1 is 1.18 bits per heavy atom. The van der Waals surface area contributed by atoms with E-state index in [0.717, 1.165) is 32.0 Å². The predicted molar refractivity (Wildman–Crippen MR) is 45.2 cm³/mol. The van der Waals surface area contributed by atoms with E-state index in [-0.39, 0.29) is 0 Å². The minimum absolute atomic E-state index is 0.698. The van der Waals surface area contributed by atoms with Crippen LogP contribution in [0.15, 0.2) is 0 Å². The van der Waals surface area contributed by atoms with Crippen molar-refractivity contribution in [1.82, 2.24) is 0 Å². The van der Waals surface area contributed by atoms with Crippen molar-refractivity contribution in [2.24, 2.45) is 11.3 Å². The van der Waals surface area contributed by atoms with Crippen LogP contribution in [-0.4, -0.2) is 0 Å². The zero-order chi connectivity index (χ0) is 8.32. The van der Waals surface area contributed by atoms with Crippen LogP contribution >= 0.6 is 0 Å². The predicted octanol–water partition coefficient (Wildman–Crippen LogP) is 3.56. The second-order valence-corrected chi connectivity index (χ2v) is 6.52. The average molecular weight is 340 g/mol. The third kappa shape index (κ3) is 2.71. The third-order valence-electron chi connectivity index (χ3n) is 3.35. The summed E-state index contributed by atoms with van der Waals surface area (Å²) in [5, 5.41) is 0. The van der Waals surface area contributed by atoms with Crippen LogP contribution in [-0.2, 0) is 26.1 Å². The topological polar surface area (TPSA) is 0 Å². The molecule has 0 unspecified atom stereocenters. The maximum absolute atomic E-state index is 2.48. The minimum atomic E-state index is 0.698. The van der Waals surface area contributed by atoms with E-state index < -0.39 is 0 Å². The average Bonchev–Trinajstić information content (AvgIpc) is 2.06. The fraction of sp³-hybridized carbons (Fsp3) is 1.00. The van der Waals surface area contributed by atoms with Gasteiger partial charge in [0.15, 0.2) is 0 Å². The first-order valence-corrected chi connectivity index (χ1v) is 8.85. The first-order chi connectivity index (χ1) is 5.17. The molecule has 0 bridgehead atoms. The molecule has 0 radical (unpaired) electrons. The summed E-state index contributed by atoms with van der Waals surface area (Å²) in [6.45, 7) is 4.96. The van der Waals surface area contributed by atoms with Gasteiger partial charge in [-0.25, -0.2) is 0 Å². The van der Waals surface area contributed by atoms with Crippen LogP contribution < -0.4 is 0 Å². The molecule has 1 rings (SSSR count). The van der Waals surface area contributed by atoms with E-state index >= 15 is 0 Å². The van der Waals surface area contributed by atoms with Crippen LogP contribution in [0.2, 0.25) is 3.93 Å². The molecule has 0 amide bonds. The van der Waals surface area contributed by atoms with Gasteiger partial charge in [-0.15, -0.1) is 0 Å². The van der Waals surface area contributed by atoms with Gasteiger partial charge in [0, 0.05) is 0 Å². The summed E-state index contributed by atoms with van der Waals surface area (Å²) in [7, 11) is 0. The summed E-state index contributed by atoms with van der Waals surface area (Å²) in [5.74, 6) is 1.06. The zero-order valence-electron chi connectivity index (χ0n) is 8.03. The van der Waals surface area contributed by atoms with Crippen molar-refractivity contribution in [2.75, 3.05) is 0 Å². The summed E-state index contributed by atoms with van der Waals surface area (Å²) in [5.41, 5.74) is 0.698. The van der Waals surface area contributed by atoms with Gasteiger partial charge in [0.2, 0.25) is 0 Å². The second kappa shape index (κ2) is 4.25. The van der Waals surface area contributed by atoms with Gasteiger partial charge >= 0.3 is 87.3 Å². The van der Waals surface area contributed by atoms with Crippen LogP contribution in [0.1, 0.15) is 46.0 Å². The zero-order valence-corrected chi connectivity index (χ0v) is 13.5. The summed E-state index contributed by atoms with van der Waals surface area (Å²) in [4.78, 5) is 0. The molecule has 0 aromatic heterocycles. The summed E-state index contributed by atoms with van der Waals surface area (Å²) >= 11 is 1.00. The van der Waals surface area contributed by atoms with E-state index in [9.17, 15) is 0 Å². The van der Waals surface area contributed by atoms with Gasteiger partial charge < -0.3 is 0 Å². The van der Waals surface area contributed by atoms with Crippen LogP contribution in [0.5, 0.6) is 0 Å². The Balaban J connectivity index is 2.43. The van der Waals surface area contributed by atoms with E-state index in [1.54, 1.807) is 0 Å². The molecule has 0 atom stereocenters. The number of hydrogen-bond donors (Lipinski definition) is 0. The van der Waals surface area contributed by atoms with Crippen LogP contribution in [0.25, 0.3) is 0 Å². The van der Waals surface area contributed by atoms with Gasteiger partial charge in [0.25, 0.3) is 0 Å². The monoisotopic (exact) mass is 341 g/mol. The van der Waals surface area contributed by atoms with Crippen molar-refractivity contribution in [3.63, 3.8) is 0 Å². The van der Waals surface area contributed by atoms with Gasteiger partial charge in [-0.2, -0.15) is 0 Å². The van der Waals surface area contributed by atoms with Crippen LogP contribution in [0.3, 0.4) is 0 Å². The first-order valence-electron chi connectivity index (χ1n) is 4.96. The fourth-order valence-corrected chi connectivity index (χ4v) is 3.68. The van der Waals surface area contributed by atoms with E-state index in [1.807, 2.05) is 0 Å². The maximum atomic E-state index is 2.48. The SMILES string of the molecule is CC(C)([CH2][Hg])C1CCCCC1. The Labute approximate surface area is 87.1 Å². The van der Waals surface area contributed by atoms with Gasteiger partial charge in [-0.1, -0.05) is 0 Å². The first kappa shape index (κ1) is 10.0. The van der Waals surface area contributed by atoms with Crippen molar-refractivity contribution in [3.05, 3.63) is 0 Å². The molecule has 1 aliphatic carbocycles. The Hall–Kier alpha value is 0.935. The molecule has 1 aliphatic rings. The third-order valence-corrected chi connectivity index (χ3v) is 8.36. The normalized spacial score (nSPS) is 22.2. The molecule has 0 aromatic carbocycles. The Morgan fingerprint density at radius 2 is 1.73 bits per heavy atom. The summed E-state index contributed by atoms with van der Waals surface area (Å²) in [6.07, 6.45) is 7.54. The van der Waals surface area contributed by atoms with Gasteiger partial charge in [0.05, 0.1) is 0 Å². The molecule has 0 aliphatic heterocycles.